The number of nitrogens with zero attached hydrogens (tertiary/aromatic N) is 1. The van der Waals surface area contributed by atoms with E-state index in [0.29, 0.717) is 0 Å². The van der Waals surface area contributed by atoms with Gasteiger partial charge in [0.25, 0.3) is 0 Å². The summed E-state index contributed by atoms with van der Waals surface area (Å²) in [6.07, 6.45) is 4.11. The van der Waals surface area contributed by atoms with Crippen LogP contribution in [0.2, 0.25) is 18.1 Å². The monoisotopic (exact) mass is 225 g/mol. The summed E-state index contributed by atoms with van der Waals surface area (Å²) in [5.74, 6) is 0. The topological polar surface area (TPSA) is 3.24 Å². The van der Waals surface area contributed by atoms with Crippen LogP contribution in [0, 0.1) is 0 Å². The van der Waals surface area contributed by atoms with Gasteiger partial charge in [-0.3, -0.25) is 0 Å². The summed E-state index contributed by atoms with van der Waals surface area (Å²) in [6.45, 7) is 12.8. The number of hydrogen-bond acceptors (Lipinski definition) is 1. The van der Waals surface area contributed by atoms with Crippen LogP contribution in [0.25, 0.3) is 0 Å². The van der Waals surface area contributed by atoms with Gasteiger partial charge in [-0.25, -0.2) is 0 Å². The fraction of sp³-hybridized carbons (Fsp3) is 0.846. The molecule has 0 aromatic rings. The molecule has 15 heavy (non-hydrogen) atoms. The highest BCUT2D eigenvalue weighted by Gasteiger charge is 2.28. The Hall–Kier alpha value is -0.0831. The minimum Gasteiger partial charge on any atom is -0.304 e. The lowest BCUT2D eigenvalue weighted by Gasteiger charge is -2.35. The molecule has 1 aliphatic rings. The minimum absolute atomic E-state index is 1.09. The van der Waals surface area contributed by atoms with E-state index in [0.717, 1.165) is 0 Å². The molecule has 1 saturated heterocycles. The second-order valence-electron chi connectivity index (χ2n) is 5.01. The van der Waals surface area contributed by atoms with Crippen LogP contribution in [-0.2, 0) is 0 Å². The highest BCUT2D eigenvalue weighted by molar-refractivity contribution is 6.84. The second kappa shape index (κ2) is 6.49. The Labute approximate surface area is 96.6 Å². The van der Waals surface area contributed by atoms with E-state index in [4.69, 9.17) is 0 Å². The minimum atomic E-state index is -1.09. The van der Waals surface area contributed by atoms with Crippen LogP contribution in [0.5, 0.6) is 0 Å². The third kappa shape index (κ3) is 3.76. The summed E-state index contributed by atoms with van der Waals surface area (Å²) >= 11 is 0. The molecule has 0 N–H and O–H groups in total. The quantitative estimate of drug-likeness (QED) is 0.570. The summed E-state index contributed by atoms with van der Waals surface area (Å²) in [6, 6.07) is 4.37. The maximum Gasteiger partial charge on any atom is 0.0782 e. The first-order chi connectivity index (χ1) is 7.26. The summed E-state index contributed by atoms with van der Waals surface area (Å²) in [5.41, 5.74) is 2.37. The van der Waals surface area contributed by atoms with Crippen molar-refractivity contribution in [1.82, 2.24) is 4.90 Å². The molecule has 0 unspecified atom stereocenters. The van der Waals surface area contributed by atoms with Gasteiger partial charge >= 0.3 is 0 Å². The van der Waals surface area contributed by atoms with Crippen LogP contribution in [0.15, 0.2) is 12.3 Å². The number of hydrogen-bond donors (Lipinski definition) is 0. The van der Waals surface area contributed by atoms with Crippen molar-refractivity contribution < 1.29 is 0 Å². The van der Waals surface area contributed by atoms with Gasteiger partial charge in [0.1, 0.15) is 0 Å². The van der Waals surface area contributed by atoms with Gasteiger partial charge < -0.3 is 4.90 Å². The van der Waals surface area contributed by atoms with Crippen LogP contribution >= 0.6 is 0 Å². The van der Waals surface area contributed by atoms with Crippen molar-refractivity contribution in [2.24, 2.45) is 0 Å². The number of rotatable bonds is 8. The fourth-order valence-corrected chi connectivity index (χ4v) is 6.78. The standard InChI is InChI=1S/C13H27NSi/c1-4-11-15(6-3,12-5-2)13-10-14-8-7-9-14/h6H,3-5,7-13H2,1-2H3. The van der Waals surface area contributed by atoms with Crippen LogP contribution < -0.4 is 0 Å². The molecule has 0 amide bonds. The molecule has 1 rings (SSSR count). The van der Waals surface area contributed by atoms with E-state index in [1.807, 2.05) is 0 Å². The van der Waals surface area contributed by atoms with Crippen molar-refractivity contribution >= 4 is 8.07 Å². The molecule has 0 spiro atoms. The average Bonchev–Trinajstić information content (AvgIpc) is 2.16. The second-order valence-corrected chi connectivity index (χ2v) is 9.64. The summed E-state index contributed by atoms with van der Waals surface area (Å²) in [4.78, 5) is 2.61. The Kier molecular flexibility index (Phi) is 5.62. The molecule has 0 saturated carbocycles. The Balaban J connectivity index is 2.40. The first-order valence-corrected chi connectivity index (χ1v) is 9.32. The highest BCUT2D eigenvalue weighted by Crippen LogP contribution is 2.26. The molecule has 0 aliphatic carbocycles. The lowest BCUT2D eigenvalue weighted by atomic mass is 10.2. The van der Waals surface area contributed by atoms with Crippen molar-refractivity contribution in [2.45, 2.75) is 51.2 Å². The Morgan fingerprint density at radius 1 is 1.13 bits per heavy atom. The van der Waals surface area contributed by atoms with Crippen molar-refractivity contribution in [3.63, 3.8) is 0 Å². The van der Waals surface area contributed by atoms with Crippen molar-refractivity contribution in [1.29, 1.82) is 0 Å². The third-order valence-corrected chi connectivity index (χ3v) is 8.88. The van der Waals surface area contributed by atoms with Crippen molar-refractivity contribution in [3.8, 4) is 0 Å². The first kappa shape index (κ1) is 13.0. The zero-order chi connectivity index (χ0) is 11.1. The third-order valence-electron chi connectivity index (χ3n) is 3.80. The normalized spacial score (nSPS) is 17.5. The molecule has 1 nitrogen and oxygen atoms in total. The van der Waals surface area contributed by atoms with Gasteiger partial charge in [0.2, 0.25) is 0 Å². The summed E-state index contributed by atoms with van der Waals surface area (Å²) in [5, 5.41) is 0. The van der Waals surface area contributed by atoms with Gasteiger partial charge in [-0.1, -0.05) is 38.8 Å². The molecule has 0 radical (unpaired) electrons. The summed E-state index contributed by atoms with van der Waals surface area (Å²) < 4.78 is 0. The molecular formula is C13H27NSi. The largest absolute Gasteiger partial charge is 0.304 e. The fourth-order valence-electron chi connectivity index (χ4n) is 2.66. The molecule has 88 valence electrons. The van der Waals surface area contributed by atoms with Crippen molar-refractivity contribution in [2.75, 3.05) is 19.6 Å². The first-order valence-electron chi connectivity index (χ1n) is 6.62. The van der Waals surface area contributed by atoms with Gasteiger partial charge in [-0.15, -0.1) is 12.3 Å². The van der Waals surface area contributed by atoms with Crippen LogP contribution in [-0.4, -0.2) is 32.6 Å². The Bertz CT molecular complexity index is 181. The van der Waals surface area contributed by atoms with Gasteiger partial charge in [0, 0.05) is 0 Å². The number of likely N-dealkylation sites (tertiary alicyclic amines) is 1. The molecule has 1 heterocycles. The Morgan fingerprint density at radius 2 is 1.73 bits per heavy atom. The predicted molar refractivity (Wildman–Crippen MR) is 72.0 cm³/mol. The molecule has 0 atom stereocenters. The van der Waals surface area contributed by atoms with E-state index in [1.165, 1.54) is 57.0 Å². The zero-order valence-corrected chi connectivity index (χ0v) is 11.6. The zero-order valence-electron chi connectivity index (χ0n) is 10.6. The molecule has 0 aromatic heterocycles. The average molecular weight is 225 g/mol. The van der Waals surface area contributed by atoms with Gasteiger partial charge in [0.15, 0.2) is 0 Å². The van der Waals surface area contributed by atoms with E-state index in [1.54, 1.807) is 0 Å². The molecule has 0 bridgehead atoms. The van der Waals surface area contributed by atoms with Crippen LogP contribution in [0.1, 0.15) is 33.1 Å². The smallest absolute Gasteiger partial charge is 0.0782 e. The van der Waals surface area contributed by atoms with E-state index in [2.05, 4.69) is 31.0 Å². The maximum atomic E-state index is 4.14. The van der Waals surface area contributed by atoms with E-state index < -0.39 is 8.07 Å². The SMILES string of the molecule is C=C[Si](CCC)(CCC)CCN1CCC1. The van der Waals surface area contributed by atoms with E-state index in [9.17, 15) is 0 Å². The molecule has 1 aliphatic heterocycles. The predicted octanol–water partition coefficient (Wildman–Crippen LogP) is 3.69. The molecule has 2 heteroatoms. The van der Waals surface area contributed by atoms with E-state index >= 15 is 0 Å². The molecular weight excluding hydrogens is 198 g/mol. The maximum absolute atomic E-state index is 4.14. The molecule has 0 aromatic carbocycles. The van der Waals surface area contributed by atoms with Gasteiger partial charge in [-0.2, -0.15) is 0 Å². The lowest BCUT2D eigenvalue weighted by molar-refractivity contribution is 0.191. The van der Waals surface area contributed by atoms with Crippen molar-refractivity contribution in [3.05, 3.63) is 12.3 Å². The van der Waals surface area contributed by atoms with Crippen LogP contribution in [0.4, 0.5) is 0 Å². The lowest BCUT2D eigenvalue weighted by Crippen LogP contribution is -2.42. The summed E-state index contributed by atoms with van der Waals surface area (Å²) in [7, 11) is -1.09. The van der Waals surface area contributed by atoms with Crippen LogP contribution in [0.3, 0.4) is 0 Å². The van der Waals surface area contributed by atoms with Gasteiger partial charge in [-0.05, 0) is 32.1 Å². The van der Waals surface area contributed by atoms with E-state index in [-0.39, 0.29) is 0 Å². The highest BCUT2D eigenvalue weighted by atomic mass is 28.3. The van der Waals surface area contributed by atoms with Gasteiger partial charge in [0.05, 0.1) is 8.07 Å². The molecule has 1 fully saturated rings. The Morgan fingerprint density at radius 3 is 2.07 bits per heavy atom.